The first-order valence-corrected chi connectivity index (χ1v) is 49.5. The van der Waals surface area contributed by atoms with Crippen LogP contribution in [0.3, 0.4) is 0 Å². The van der Waals surface area contributed by atoms with Crippen molar-refractivity contribution in [3.8, 4) is 51.7 Å². The van der Waals surface area contributed by atoms with E-state index < -0.39 is 19.7 Å². The van der Waals surface area contributed by atoms with E-state index in [9.17, 15) is 36.0 Å². The minimum absolute atomic E-state index is 0. The predicted molar refractivity (Wildman–Crippen MR) is 600 cm³/mol. The van der Waals surface area contributed by atoms with Crippen molar-refractivity contribution in [1.82, 2.24) is 0 Å². The van der Waals surface area contributed by atoms with E-state index in [2.05, 4.69) is 95.3 Å². The van der Waals surface area contributed by atoms with Gasteiger partial charge in [-0.15, -0.1) is 0 Å². The number of aryl methyl sites for hydroxylation is 4. The molecule has 3 unspecified atom stereocenters. The fourth-order valence-corrected chi connectivity index (χ4v) is 21.0. The first-order chi connectivity index (χ1) is 65.6. The fourth-order valence-electron chi connectivity index (χ4n) is 18.4. The van der Waals surface area contributed by atoms with E-state index in [0.29, 0.717) is 86.2 Å². The monoisotopic (exact) mass is 2000 g/mol. The number of carbonyl (C=O) groups is 4. The summed E-state index contributed by atoms with van der Waals surface area (Å²) in [5, 5.41) is 0. The van der Waals surface area contributed by atoms with Gasteiger partial charge in [0.1, 0.15) is 57.5 Å². The van der Waals surface area contributed by atoms with Gasteiger partial charge < -0.3 is 33.2 Å². The summed E-state index contributed by atoms with van der Waals surface area (Å²) in [5.41, 5.74) is 12.7. The molecular weight excluding hydrogens is 1840 g/mol. The molecule has 0 spiro atoms. The van der Waals surface area contributed by atoms with Gasteiger partial charge in [0.2, 0.25) is 19.7 Å². The van der Waals surface area contributed by atoms with Crippen molar-refractivity contribution < 1.29 is 69.2 Å². The SMILES string of the molecule is C.C.C.C.C.C.C.C.CC(=O)c1ccc(C)cc1.COC1CCC(C(C)=O)CC1.COc1ccc(C2(c3ccc(Oc4ccc(S(=O)(=O)c5ccc(C)cc5)cc4)cc3)CC(C)CC(C)(C)C2)cc1.COc1ccc(C2(c3ccc(Oc4ccc(S(=O)(=O)c5ccc(C)cc5)cc4)cc3)CCC(C)(C)C2)cc1.COc1cccc(Oc2ccc(C(=O)c3cccc(C(=O)c4ccc(C)cc4)c3)cc2)c1.c1ccccc1. The van der Waals surface area contributed by atoms with Crippen LogP contribution in [0.4, 0.5) is 0 Å². The molecule has 0 amide bonds. The summed E-state index contributed by atoms with van der Waals surface area (Å²) >= 11 is 0. The quantitative estimate of drug-likeness (QED) is 0.0517. The van der Waals surface area contributed by atoms with Gasteiger partial charge in [-0.1, -0.05) is 298 Å². The first kappa shape index (κ1) is 124. The van der Waals surface area contributed by atoms with E-state index in [4.69, 9.17) is 33.2 Å². The van der Waals surface area contributed by atoms with Crippen LogP contribution < -0.4 is 28.4 Å². The van der Waals surface area contributed by atoms with Crippen LogP contribution in [0, 0.1) is 50.4 Å². The Morgan fingerprint density at radius 2 is 0.579 bits per heavy atom. The van der Waals surface area contributed by atoms with Crippen molar-refractivity contribution in [2.45, 2.75) is 236 Å². The third-order valence-corrected chi connectivity index (χ3v) is 29.3. The van der Waals surface area contributed by atoms with Gasteiger partial charge in [-0.05, 0) is 309 Å². The van der Waals surface area contributed by atoms with Gasteiger partial charge in [-0.3, -0.25) is 19.2 Å². The summed E-state index contributed by atoms with van der Waals surface area (Å²) in [6, 6.07) is 109. The first-order valence-electron chi connectivity index (χ1n) is 46.6. The van der Waals surface area contributed by atoms with Crippen LogP contribution in [0.1, 0.15) is 259 Å². The zero-order valence-electron chi connectivity index (χ0n) is 81.2. The van der Waals surface area contributed by atoms with Crippen molar-refractivity contribution >= 4 is 42.8 Å². The molecule has 3 fully saturated rings. The second-order valence-corrected chi connectivity index (χ2v) is 41.4. The number of hydrogen-bond acceptors (Lipinski definition) is 15. The third kappa shape index (κ3) is 33.5. The molecule has 17 heteroatoms. The lowest BCUT2D eigenvalue weighted by Crippen LogP contribution is -2.41. The third-order valence-electron chi connectivity index (χ3n) is 25.7. The standard InChI is InChI=1S/C35H38O4S.C33H34O4S.C28H22O4.C9H16O2.C9H10O.C6H6.8CH4/c1-25-6-18-32(19-7-25)40(36,37)33-20-16-31(17-21-33)39-30-14-10-28(11-15-30)35(23-26(2)22-34(3,4)24-35)27-8-12-29(38-5)13-9-27;1-24-5-17-30(18-6-24)38(34,35)31-19-15-29(16-20-31)37-28-13-9-26(10-14-28)33(22-21-32(2,3)23-33)25-7-11-27(36-4)12-8-25;1-19-9-11-20(12-10-19)27(29)22-5-3-6-23(17-22)28(30)21-13-15-24(16-14-21)32-26-8-4-7-25(18-26)31-2;1-7(10)8-3-5-9(11-2)6-4-8;1-7-3-5-9(6-4-7)8(2)10;1-2-4-6-5-3-1;;;;;;;;/h6-21,26H,22-24H2,1-5H3;5-20H,21-23H2,1-4H3;3-18H,1-2H3;8-9H,3-6H2,1-2H3;3-6H,1-2H3;1-6H;8*1H4. The number of benzene rings is 14. The summed E-state index contributed by atoms with van der Waals surface area (Å²) in [5.74, 6) is 7.41. The normalized spacial score (nSPS) is 16.3. The number of methoxy groups -OCH3 is 4. The predicted octanol–water partition coefficient (Wildman–Crippen LogP) is 33.9. The molecule has 17 rings (SSSR count). The van der Waals surface area contributed by atoms with Crippen LogP contribution in [0.15, 0.2) is 371 Å². The van der Waals surface area contributed by atoms with E-state index in [1.165, 1.54) is 34.2 Å². The number of carbonyl (C=O) groups excluding carboxylic acids is 4. The lowest BCUT2D eigenvalue weighted by molar-refractivity contribution is -0.122. The Balaban J connectivity index is 0.000000391. The van der Waals surface area contributed by atoms with Crippen molar-refractivity contribution in [3.05, 3.63) is 424 Å². The molecule has 0 radical (unpaired) electrons. The Labute approximate surface area is 869 Å². The zero-order chi connectivity index (χ0) is 98.1. The van der Waals surface area contributed by atoms with Gasteiger partial charge in [0.15, 0.2) is 17.3 Å². The Bertz CT molecular complexity index is 6510. The molecule has 3 atom stereocenters. The number of hydrogen-bond donors (Lipinski definition) is 0. The van der Waals surface area contributed by atoms with E-state index in [1.807, 2.05) is 167 Å². The van der Waals surface area contributed by atoms with Gasteiger partial charge in [-0.2, -0.15) is 0 Å². The second-order valence-electron chi connectivity index (χ2n) is 37.5. The van der Waals surface area contributed by atoms with Crippen LogP contribution in [0.5, 0.6) is 51.7 Å². The highest BCUT2D eigenvalue weighted by Gasteiger charge is 2.47. The van der Waals surface area contributed by atoms with Crippen LogP contribution in [0.2, 0.25) is 0 Å². The highest BCUT2D eigenvalue weighted by molar-refractivity contribution is 7.91. The van der Waals surface area contributed by atoms with Gasteiger partial charge in [0.25, 0.3) is 0 Å². The van der Waals surface area contributed by atoms with E-state index in [1.54, 1.807) is 194 Å². The minimum Gasteiger partial charge on any atom is -0.497 e. The molecule has 15 nitrogen and oxygen atoms in total. The van der Waals surface area contributed by atoms with E-state index >= 15 is 0 Å². The van der Waals surface area contributed by atoms with Crippen molar-refractivity contribution in [1.29, 1.82) is 0 Å². The maximum atomic E-state index is 13.0. The fraction of sp³-hybridized carbons (Fsp3) is 0.312. The number of ether oxygens (including phenoxy) is 7. The van der Waals surface area contributed by atoms with Crippen LogP contribution in [-0.2, 0) is 40.0 Å². The van der Waals surface area contributed by atoms with Gasteiger partial charge in [0, 0.05) is 57.7 Å². The smallest absolute Gasteiger partial charge is 0.206 e. The molecule has 0 heterocycles. The number of Topliss-reactive ketones (excluding diaryl/α,β-unsaturated/α-hetero) is 2. The summed E-state index contributed by atoms with van der Waals surface area (Å²) in [6.45, 7) is 22.9. The summed E-state index contributed by atoms with van der Waals surface area (Å²) in [7, 11) is -0.408. The molecule has 14 aromatic carbocycles. The van der Waals surface area contributed by atoms with Crippen LogP contribution in [0.25, 0.3) is 0 Å². The Hall–Kier alpha value is -13.6. The highest BCUT2D eigenvalue weighted by atomic mass is 32.2. The molecule has 0 saturated heterocycles. The summed E-state index contributed by atoms with van der Waals surface area (Å²) in [4.78, 5) is 48.6. The van der Waals surface area contributed by atoms with E-state index in [0.717, 1.165) is 91.5 Å². The van der Waals surface area contributed by atoms with Gasteiger partial charge in [-0.25, -0.2) is 16.8 Å². The molecular formula is C128H158O15S2. The van der Waals surface area contributed by atoms with Crippen molar-refractivity contribution in [3.63, 3.8) is 0 Å². The Kier molecular flexibility index (Phi) is 48.3. The van der Waals surface area contributed by atoms with E-state index in [-0.39, 0.29) is 118 Å². The maximum absolute atomic E-state index is 13.0. The van der Waals surface area contributed by atoms with Gasteiger partial charge >= 0.3 is 0 Å². The van der Waals surface area contributed by atoms with Crippen LogP contribution in [-0.4, -0.2) is 74.5 Å². The topological polar surface area (TPSA) is 201 Å². The average molecular weight is 2000 g/mol. The lowest BCUT2D eigenvalue weighted by Gasteiger charge is -2.48. The largest absolute Gasteiger partial charge is 0.497 e. The van der Waals surface area contributed by atoms with Crippen molar-refractivity contribution in [2.75, 3.05) is 28.4 Å². The van der Waals surface area contributed by atoms with Crippen molar-refractivity contribution in [2.24, 2.45) is 22.7 Å². The molecule has 0 aliphatic heterocycles. The molecule has 3 saturated carbocycles. The maximum Gasteiger partial charge on any atom is 0.206 e. The van der Waals surface area contributed by atoms with Crippen LogP contribution >= 0.6 is 0 Å². The second kappa shape index (κ2) is 56.6. The Morgan fingerprint density at radius 3 is 0.903 bits per heavy atom. The number of sulfone groups is 2. The molecule has 3 aliphatic rings. The minimum atomic E-state index is -3.58. The molecule has 145 heavy (non-hydrogen) atoms. The molecule has 14 aromatic rings. The highest BCUT2D eigenvalue weighted by Crippen LogP contribution is 2.56. The average Bonchev–Trinajstić information content (AvgIpc) is 1.68. The molecule has 0 N–H and O–H groups in total. The molecule has 772 valence electrons. The summed E-state index contributed by atoms with van der Waals surface area (Å²) < 4.78 is 91.2. The number of rotatable bonds is 24. The number of ketones is 4. The molecule has 3 aliphatic carbocycles. The Morgan fingerprint density at radius 1 is 0.290 bits per heavy atom. The lowest BCUT2D eigenvalue weighted by atomic mass is 9.55. The summed E-state index contributed by atoms with van der Waals surface area (Å²) in [6.07, 6.45) is 11.2. The van der Waals surface area contributed by atoms with Gasteiger partial charge in [0.05, 0.1) is 47.0 Å². The zero-order valence-corrected chi connectivity index (χ0v) is 82.9. The molecule has 0 bridgehead atoms. The molecule has 0 aromatic heterocycles.